The van der Waals surface area contributed by atoms with Gasteiger partial charge in [-0.1, -0.05) is 0 Å². The van der Waals surface area contributed by atoms with Crippen LogP contribution in [0.5, 0.6) is 0 Å². The Bertz CT molecular complexity index is 412. The van der Waals surface area contributed by atoms with Crippen molar-refractivity contribution in [1.29, 1.82) is 0 Å². The zero-order chi connectivity index (χ0) is 12.5. The van der Waals surface area contributed by atoms with E-state index in [9.17, 15) is 18.0 Å². The summed E-state index contributed by atoms with van der Waals surface area (Å²) in [7, 11) is 0. The first kappa shape index (κ1) is 12.7. The molecule has 0 saturated carbocycles. The van der Waals surface area contributed by atoms with Crippen LogP contribution in [0, 0.1) is 6.92 Å². The van der Waals surface area contributed by atoms with Gasteiger partial charge in [0.1, 0.15) is 5.78 Å². The molecule has 1 atom stereocenters. The number of carbonyl (C=O) groups excluding carboxylic acids is 1. The maximum atomic E-state index is 12.4. The van der Waals surface area contributed by atoms with E-state index < -0.39 is 17.7 Å². The van der Waals surface area contributed by atoms with E-state index in [0.717, 1.165) is 12.3 Å². The molecule has 0 aliphatic carbocycles. The van der Waals surface area contributed by atoms with Crippen LogP contribution in [0.25, 0.3) is 0 Å². The van der Waals surface area contributed by atoms with Crippen molar-refractivity contribution in [2.24, 2.45) is 0 Å². The molecule has 0 spiro atoms. The molecule has 0 fully saturated rings. The van der Waals surface area contributed by atoms with Gasteiger partial charge in [-0.3, -0.25) is 9.78 Å². The second-order valence-electron chi connectivity index (χ2n) is 3.76. The van der Waals surface area contributed by atoms with E-state index >= 15 is 0 Å². The third-order valence-corrected chi connectivity index (χ3v) is 2.47. The van der Waals surface area contributed by atoms with Crippen molar-refractivity contribution in [2.75, 3.05) is 0 Å². The summed E-state index contributed by atoms with van der Waals surface area (Å²) in [5, 5.41) is 0. The topological polar surface area (TPSA) is 30.0 Å². The van der Waals surface area contributed by atoms with Crippen LogP contribution in [0.4, 0.5) is 13.2 Å². The van der Waals surface area contributed by atoms with Gasteiger partial charge in [-0.05, 0) is 32.4 Å². The number of rotatable bonds is 2. The smallest absolute Gasteiger partial charge is 0.299 e. The molecule has 88 valence electrons. The minimum absolute atomic E-state index is 0.115. The summed E-state index contributed by atoms with van der Waals surface area (Å²) in [6, 6.07) is 1.02. The Hall–Kier alpha value is -1.39. The van der Waals surface area contributed by atoms with Crippen molar-refractivity contribution in [1.82, 2.24) is 4.98 Å². The van der Waals surface area contributed by atoms with Gasteiger partial charge in [-0.25, -0.2) is 0 Å². The number of alkyl halides is 3. The van der Waals surface area contributed by atoms with Gasteiger partial charge in [0.15, 0.2) is 0 Å². The first-order chi connectivity index (χ1) is 7.23. The van der Waals surface area contributed by atoms with Crippen LogP contribution in [0.15, 0.2) is 12.3 Å². The third kappa shape index (κ3) is 2.59. The van der Waals surface area contributed by atoms with Gasteiger partial charge >= 0.3 is 6.18 Å². The first-order valence-electron chi connectivity index (χ1n) is 4.77. The number of aromatic nitrogens is 1. The fourth-order valence-electron chi connectivity index (χ4n) is 1.39. The number of halogens is 3. The molecule has 0 aromatic carbocycles. The van der Waals surface area contributed by atoms with Gasteiger partial charge in [0.05, 0.1) is 17.2 Å². The maximum absolute atomic E-state index is 12.4. The molecule has 1 rings (SSSR count). The highest BCUT2D eigenvalue weighted by molar-refractivity contribution is 5.82. The van der Waals surface area contributed by atoms with Crippen LogP contribution < -0.4 is 0 Å². The molecule has 5 heteroatoms. The van der Waals surface area contributed by atoms with Crippen LogP contribution in [-0.2, 0) is 11.0 Å². The second-order valence-corrected chi connectivity index (χ2v) is 3.76. The van der Waals surface area contributed by atoms with Crippen molar-refractivity contribution in [3.05, 3.63) is 29.1 Å². The number of Topliss-reactive ketones (excluding diaryl/α,β-unsaturated/α-hetero) is 1. The van der Waals surface area contributed by atoms with Crippen LogP contribution in [-0.4, -0.2) is 10.8 Å². The molecule has 0 aliphatic heterocycles. The predicted octanol–water partition coefficient (Wildman–Crippen LogP) is 3.10. The largest absolute Gasteiger partial charge is 0.417 e. The molecule has 0 N–H and O–H groups in total. The highest BCUT2D eigenvalue weighted by Gasteiger charge is 2.31. The summed E-state index contributed by atoms with van der Waals surface area (Å²) < 4.78 is 37.1. The van der Waals surface area contributed by atoms with E-state index in [1.165, 1.54) is 13.8 Å². The lowest BCUT2D eigenvalue weighted by Gasteiger charge is -2.13. The highest BCUT2D eigenvalue weighted by atomic mass is 19.4. The lowest BCUT2D eigenvalue weighted by atomic mass is 9.98. The molecule has 2 nitrogen and oxygen atoms in total. The summed E-state index contributed by atoms with van der Waals surface area (Å²) in [6.07, 6.45) is -3.63. The summed E-state index contributed by atoms with van der Waals surface area (Å²) >= 11 is 0. The van der Waals surface area contributed by atoms with Gasteiger partial charge in [-0.15, -0.1) is 0 Å². The second kappa shape index (κ2) is 4.23. The van der Waals surface area contributed by atoms with Gasteiger partial charge in [-0.2, -0.15) is 13.2 Å². The van der Waals surface area contributed by atoms with E-state index in [-0.39, 0.29) is 5.78 Å². The fourth-order valence-corrected chi connectivity index (χ4v) is 1.39. The van der Waals surface area contributed by atoms with Crippen LogP contribution in [0.3, 0.4) is 0 Å². The molecular formula is C11H12F3NO. The van der Waals surface area contributed by atoms with Crippen molar-refractivity contribution in [3.8, 4) is 0 Å². The summed E-state index contributed by atoms with van der Waals surface area (Å²) in [4.78, 5) is 14.8. The third-order valence-electron chi connectivity index (χ3n) is 2.47. The number of hydrogen-bond acceptors (Lipinski definition) is 2. The number of carbonyl (C=O) groups is 1. The molecule has 1 aromatic rings. The van der Waals surface area contributed by atoms with Crippen molar-refractivity contribution in [2.45, 2.75) is 32.9 Å². The van der Waals surface area contributed by atoms with E-state index in [4.69, 9.17) is 0 Å². The predicted molar refractivity (Wildman–Crippen MR) is 53.1 cm³/mol. The number of pyridine rings is 1. The molecule has 0 amide bonds. The zero-order valence-electron chi connectivity index (χ0n) is 9.22. The van der Waals surface area contributed by atoms with E-state index in [1.54, 1.807) is 6.92 Å². The molecule has 0 radical (unpaired) electrons. The molecule has 16 heavy (non-hydrogen) atoms. The van der Waals surface area contributed by atoms with Crippen molar-refractivity contribution < 1.29 is 18.0 Å². The van der Waals surface area contributed by atoms with Gasteiger partial charge < -0.3 is 0 Å². The summed E-state index contributed by atoms with van der Waals surface area (Å²) in [5.74, 6) is -0.586. The van der Waals surface area contributed by atoms with Crippen molar-refractivity contribution >= 4 is 5.78 Å². The Balaban J connectivity index is 3.15. The standard InChI is InChI=1S/C11H12F3NO/c1-6-4-9(11(12,13)14)5-15-10(6)7(2)8(3)16/h4-5,7H,1-3H3. The van der Waals surface area contributed by atoms with Crippen LogP contribution in [0.1, 0.15) is 36.6 Å². The number of aryl methyl sites for hydroxylation is 1. The highest BCUT2D eigenvalue weighted by Crippen LogP contribution is 2.30. The normalized spacial score (nSPS) is 13.6. The molecule has 1 unspecified atom stereocenters. The van der Waals surface area contributed by atoms with Crippen LogP contribution >= 0.6 is 0 Å². The van der Waals surface area contributed by atoms with Crippen LogP contribution in [0.2, 0.25) is 0 Å². The van der Waals surface area contributed by atoms with Crippen molar-refractivity contribution in [3.63, 3.8) is 0 Å². The monoisotopic (exact) mass is 231 g/mol. The minimum Gasteiger partial charge on any atom is -0.299 e. The maximum Gasteiger partial charge on any atom is 0.417 e. The van der Waals surface area contributed by atoms with Gasteiger partial charge in [0.25, 0.3) is 0 Å². The van der Waals surface area contributed by atoms with Gasteiger partial charge in [0, 0.05) is 6.20 Å². The molecule has 0 saturated heterocycles. The molecular weight excluding hydrogens is 219 g/mol. The zero-order valence-corrected chi connectivity index (χ0v) is 9.22. The van der Waals surface area contributed by atoms with E-state index in [0.29, 0.717) is 11.3 Å². The molecule has 1 aromatic heterocycles. The average Bonchev–Trinajstić information content (AvgIpc) is 2.15. The number of hydrogen-bond donors (Lipinski definition) is 0. The lowest BCUT2D eigenvalue weighted by molar-refractivity contribution is -0.137. The molecule has 0 aliphatic rings. The van der Waals surface area contributed by atoms with E-state index in [2.05, 4.69) is 4.98 Å². The first-order valence-corrected chi connectivity index (χ1v) is 4.77. The quantitative estimate of drug-likeness (QED) is 0.782. The Morgan fingerprint density at radius 1 is 1.44 bits per heavy atom. The average molecular weight is 231 g/mol. The Morgan fingerprint density at radius 2 is 2.00 bits per heavy atom. The SMILES string of the molecule is CC(=O)C(C)c1ncc(C(F)(F)F)cc1C. The fraction of sp³-hybridized carbons (Fsp3) is 0.455. The Morgan fingerprint density at radius 3 is 2.38 bits per heavy atom. The number of nitrogens with zero attached hydrogens (tertiary/aromatic N) is 1. The molecule has 1 heterocycles. The summed E-state index contributed by atoms with van der Waals surface area (Å²) in [6.45, 7) is 4.55. The molecule has 0 bridgehead atoms. The van der Waals surface area contributed by atoms with E-state index in [1.807, 2.05) is 0 Å². The Kier molecular flexibility index (Phi) is 3.35. The summed E-state index contributed by atoms with van der Waals surface area (Å²) in [5.41, 5.74) is 0.00234. The number of ketones is 1. The lowest BCUT2D eigenvalue weighted by Crippen LogP contribution is -2.12. The minimum atomic E-state index is -4.39. The van der Waals surface area contributed by atoms with Gasteiger partial charge in [0.2, 0.25) is 0 Å². The Labute approximate surface area is 91.5 Å².